The van der Waals surface area contributed by atoms with Gasteiger partial charge in [-0.15, -0.1) is 0 Å². The molecule has 1 fully saturated rings. The van der Waals surface area contributed by atoms with Crippen molar-refractivity contribution in [2.45, 2.75) is 44.6 Å². The molecule has 1 amide bonds. The van der Waals surface area contributed by atoms with Crippen LogP contribution in [-0.2, 0) is 10.2 Å². The molecule has 1 aromatic rings. The van der Waals surface area contributed by atoms with Gasteiger partial charge in [-0.2, -0.15) is 5.26 Å². The van der Waals surface area contributed by atoms with Crippen molar-refractivity contribution in [3.05, 3.63) is 28.8 Å². The van der Waals surface area contributed by atoms with Crippen LogP contribution in [-0.4, -0.2) is 11.7 Å². The highest BCUT2D eigenvalue weighted by atomic mass is 35.5. The molecule has 0 unspecified atom stereocenters. The molecule has 0 bridgehead atoms. The summed E-state index contributed by atoms with van der Waals surface area (Å²) in [5.41, 5.74) is 0.322. The van der Waals surface area contributed by atoms with Crippen molar-refractivity contribution in [3.8, 4) is 6.07 Å². The smallest absolute Gasteiger partial charge is 0.412 e. The molecule has 1 N–H and O–H groups in total. The summed E-state index contributed by atoms with van der Waals surface area (Å²) in [5, 5.41) is 12.5. The quantitative estimate of drug-likeness (QED) is 0.886. The summed E-state index contributed by atoms with van der Waals surface area (Å²) in [5.74, 6) is 0. The minimum atomic E-state index is -0.552. The van der Waals surface area contributed by atoms with Crippen molar-refractivity contribution in [2.24, 2.45) is 0 Å². The lowest BCUT2D eigenvalue weighted by molar-refractivity contribution is 0.0636. The van der Waals surface area contributed by atoms with Gasteiger partial charge < -0.3 is 4.74 Å². The van der Waals surface area contributed by atoms with Crippen LogP contribution in [0.15, 0.2) is 18.2 Å². The molecule has 4 nitrogen and oxygen atoms in total. The number of carbonyl (C=O) groups is 1. The molecule has 0 heterocycles. The van der Waals surface area contributed by atoms with Crippen LogP contribution in [0.3, 0.4) is 0 Å². The summed E-state index contributed by atoms with van der Waals surface area (Å²) in [6.07, 6.45) is 1.09. The van der Waals surface area contributed by atoms with Gasteiger partial charge in [0.25, 0.3) is 0 Å². The number of nitrogens with zero attached hydrogens (tertiary/aromatic N) is 1. The van der Waals surface area contributed by atoms with Gasteiger partial charge in [0.15, 0.2) is 0 Å². The largest absolute Gasteiger partial charge is 0.444 e. The van der Waals surface area contributed by atoms with E-state index in [-0.39, 0.29) is 0 Å². The average Bonchev–Trinajstić information content (AvgIpc) is 3.10. The zero-order valence-corrected chi connectivity index (χ0v) is 12.5. The lowest BCUT2D eigenvalue weighted by atomic mass is 9.97. The normalized spacial score (nSPS) is 16.1. The Morgan fingerprint density at radius 3 is 2.60 bits per heavy atom. The van der Waals surface area contributed by atoms with Crippen LogP contribution < -0.4 is 5.32 Å². The third kappa shape index (κ3) is 3.23. The van der Waals surface area contributed by atoms with Gasteiger partial charge in [-0.1, -0.05) is 11.6 Å². The summed E-state index contributed by atoms with van der Waals surface area (Å²) in [7, 11) is 0. The maximum Gasteiger partial charge on any atom is 0.412 e. The molecule has 0 aliphatic heterocycles. The maximum atomic E-state index is 11.7. The maximum absolute atomic E-state index is 11.7. The molecule has 0 radical (unpaired) electrons. The van der Waals surface area contributed by atoms with Crippen LogP contribution in [0.5, 0.6) is 0 Å². The van der Waals surface area contributed by atoms with Gasteiger partial charge in [-0.05, 0) is 57.4 Å². The van der Waals surface area contributed by atoms with Crippen LogP contribution in [0.2, 0.25) is 5.02 Å². The second kappa shape index (κ2) is 4.99. The van der Waals surface area contributed by atoms with Gasteiger partial charge in [0.2, 0.25) is 0 Å². The van der Waals surface area contributed by atoms with E-state index in [2.05, 4.69) is 11.4 Å². The van der Waals surface area contributed by atoms with Crippen molar-refractivity contribution in [1.82, 2.24) is 0 Å². The lowest BCUT2D eigenvalue weighted by Crippen LogP contribution is -2.27. The predicted octanol–water partition coefficient (Wildman–Crippen LogP) is 4.24. The van der Waals surface area contributed by atoms with Crippen LogP contribution in [0, 0.1) is 11.3 Å². The topological polar surface area (TPSA) is 62.1 Å². The second-order valence-corrected chi connectivity index (χ2v) is 6.42. The fourth-order valence-corrected chi connectivity index (χ4v) is 2.26. The third-order valence-corrected chi connectivity index (χ3v) is 3.42. The number of ether oxygens (including phenoxy) is 1. The molecule has 0 spiro atoms. The van der Waals surface area contributed by atoms with E-state index in [1.165, 1.54) is 0 Å². The van der Waals surface area contributed by atoms with Gasteiger partial charge in [-0.3, -0.25) is 5.32 Å². The minimum absolute atomic E-state index is 0.483. The number of amides is 1. The number of rotatable bonds is 2. The molecule has 0 atom stereocenters. The lowest BCUT2D eigenvalue weighted by Gasteiger charge is -2.20. The summed E-state index contributed by atoms with van der Waals surface area (Å²) in [6, 6.07) is 7.45. The third-order valence-electron chi connectivity index (χ3n) is 3.09. The van der Waals surface area contributed by atoms with Gasteiger partial charge in [0.1, 0.15) is 5.60 Å². The Morgan fingerprint density at radius 2 is 2.10 bits per heavy atom. The minimum Gasteiger partial charge on any atom is -0.444 e. The van der Waals surface area contributed by atoms with Crippen molar-refractivity contribution >= 4 is 23.4 Å². The molecule has 20 heavy (non-hydrogen) atoms. The molecule has 106 valence electrons. The first-order valence-corrected chi connectivity index (χ1v) is 6.85. The standard InChI is InChI=1S/C15H17ClN2O2/c1-14(2,3)20-13(19)18-10-4-5-12(16)11(8-10)15(9-17)6-7-15/h4-5,8H,6-7H2,1-3H3,(H,18,19). The predicted molar refractivity (Wildman–Crippen MR) is 77.8 cm³/mol. The highest BCUT2D eigenvalue weighted by Gasteiger charge is 2.46. The van der Waals surface area contributed by atoms with Crippen LogP contribution in [0.1, 0.15) is 39.2 Å². The highest BCUT2D eigenvalue weighted by molar-refractivity contribution is 6.31. The van der Waals surface area contributed by atoms with Crippen LogP contribution in [0.4, 0.5) is 10.5 Å². The molecule has 5 heteroatoms. The van der Waals surface area contributed by atoms with Crippen molar-refractivity contribution < 1.29 is 9.53 Å². The fraction of sp³-hybridized carbons (Fsp3) is 0.467. The van der Waals surface area contributed by atoms with E-state index in [0.717, 1.165) is 18.4 Å². The van der Waals surface area contributed by atoms with Crippen LogP contribution >= 0.6 is 11.6 Å². The van der Waals surface area contributed by atoms with E-state index in [1.807, 2.05) is 0 Å². The Balaban J connectivity index is 2.17. The Labute approximate surface area is 123 Å². The van der Waals surface area contributed by atoms with E-state index < -0.39 is 17.1 Å². The number of anilines is 1. The first-order chi connectivity index (χ1) is 9.26. The van der Waals surface area contributed by atoms with E-state index in [1.54, 1.807) is 39.0 Å². The number of benzene rings is 1. The number of halogens is 1. The zero-order valence-electron chi connectivity index (χ0n) is 11.8. The Hall–Kier alpha value is -1.73. The van der Waals surface area contributed by atoms with Crippen molar-refractivity contribution in [2.75, 3.05) is 5.32 Å². The molecule has 0 aromatic heterocycles. The number of hydrogen-bond acceptors (Lipinski definition) is 3. The SMILES string of the molecule is CC(C)(C)OC(=O)Nc1ccc(Cl)c(C2(C#N)CC2)c1. The molecule has 1 aliphatic rings. The number of hydrogen-bond donors (Lipinski definition) is 1. The molecular weight excluding hydrogens is 276 g/mol. The second-order valence-electron chi connectivity index (χ2n) is 6.02. The average molecular weight is 293 g/mol. The van der Waals surface area contributed by atoms with Crippen molar-refractivity contribution in [3.63, 3.8) is 0 Å². The number of nitrogens with one attached hydrogen (secondary N) is 1. The van der Waals surface area contributed by atoms with Gasteiger partial charge in [0.05, 0.1) is 11.5 Å². The summed E-state index contributed by atoms with van der Waals surface area (Å²) >= 11 is 6.15. The first kappa shape index (κ1) is 14.7. The van der Waals surface area contributed by atoms with E-state index in [4.69, 9.17) is 16.3 Å². The summed E-state index contributed by atoms with van der Waals surface area (Å²) in [4.78, 5) is 11.7. The van der Waals surface area contributed by atoms with E-state index >= 15 is 0 Å². The van der Waals surface area contributed by atoms with Gasteiger partial charge in [0, 0.05) is 10.7 Å². The Kier molecular flexibility index (Phi) is 3.66. The molecular formula is C15H17ClN2O2. The molecule has 2 rings (SSSR count). The summed E-state index contributed by atoms with van der Waals surface area (Å²) < 4.78 is 5.19. The molecule has 1 aromatic carbocycles. The zero-order chi connectivity index (χ0) is 15.0. The highest BCUT2D eigenvalue weighted by Crippen LogP contribution is 2.50. The van der Waals surface area contributed by atoms with Crippen molar-refractivity contribution in [1.29, 1.82) is 5.26 Å². The van der Waals surface area contributed by atoms with Gasteiger partial charge in [-0.25, -0.2) is 4.79 Å². The van der Waals surface area contributed by atoms with E-state index in [0.29, 0.717) is 10.7 Å². The molecule has 1 saturated carbocycles. The summed E-state index contributed by atoms with van der Waals surface area (Å²) in [6.45, 7) is 5.40. The number of nitriles is 1. The first-order valence-electron chi connectivity index (χ1n) is 6.47. The number of carbonyl (C=O) groups excluding carboxylic acids is 1. The Bertz CT molecular complexity index is 581. The fourth-order valence-electron chi connectivity index (χ4n) is 1.96. The van der Waals surface area contributed by atoms with Crippen LogP contribution in [0.25, 0.3) is 0 Å². The molecule has 1 aliphatic carbocycles. The van der Waals surface area contributed by atoms with E-state index in [9.17, 15) is 10.1 Å². The molecule has 0 saturated heterocycles. The monoisotopic (exact) mass is 292 g/mol. The van der Waals surface area contributed by atoms with Gasteiger partial charge >= 0.3 is 6.09 Å². The Morgan fingerprint density at radius 1 is 1.45 bits per heavy atom.